The van der Waals surface area contributed by atoms with Gasteiger partial charge in [0.25, 0.3) is 0 Å². The molecule has 0 saturated carbocycles. The first-order valence-electron chi connectivity index (χ1n) is 6.53. The van der Waals surface area contributed by atoms with E-state index in [1.54, 1.807) is 0 Å². The summed E-state index contributed by atoms with van der Waals surface area (Å²) in [4.78, 5) is -0.675. The van der Waals surface area contributed by atoms with E-state index >= 15 is 0 Å². The lowest BCUT2D eigenvalue weighted by molar-refractivity contribution is 0.199. The molecule has 2 nitrogen and oxygen atoms in total. The van der Waals surface area contributed by atoms with E-state index in [4.69, 9.17) is 0 Å². The Morgan fingerprint density at radius 1 is 0.778 bits per heavy atom. The summed E-state index contributed by atoms with van der Waals surface area (Å²) in [6, 6.07) is 0. The summed E-state index contributed by atoms with van der Waals surface area (Å²) in [7, 11) is -3.23. The Labute approximate surface area is 115 Å². The molecule has 0 amide bonds. The van der Waals surface area contributed by atoms with Crippen LogP contribution in [0.4, 0.5) is 0 Å². The Balaban J connectivity index is 6.47. The van der Waals surface area contributed by atoms with Gasteiger partial charge in [-0.3, -0.25) is 0 Å². The number of hydrogen-bond acceptors (Lipinski definition) is 2. The van der Waals surface area contributed by atoms with Crippen LogP contribution in [0.15, 0.2) is 0 Å². The summed E-state index contributed by atoms with van der Waals surface area (Å²) in [6.07, 6.45) is 0. The maximum Gasteiger partial charge on any atom is 0.339 e. The predicted molar refractivity (Wildman–Crippen MR) is 83.9 cm³/mol. The summed E-state index contributed by atoms with van der Waals surface area (Å²) < 4.78 is 25.8. The van der Waals surface area contributed by atoms with Crippen LogP contribution in [0.25, 0.3) is 0 Å². The minimum absolute atomic E-state index is 0.275. The SMILES string of the molecule is CC(C)(C)C([PH+]=O)(C(C)(C)C)P(C)(=O)C(C)(C)C. The van der Waals surface area contributed by atoms with E-state index in [0.29, 0.717) is 0 Å². The fourth-order valence-corrected chi connectivity index (χ4v) is 9.18. The largest absolute Gasteiger partial charge is 0.339 e. The van der Waals surface area contributed by atoms with Gasteiger partial charge in [-0.2, -0.15) is 0 Å². The molecule has 0 N–H and O–H groups in total. The van der Waals surface area contributed by atoms with Crippen LogP contribution >= 0.6 is 15.6 Å². The van der Waals surface area contributed by atoms with Crippen molar-refractivity contribution in [3.05, 3.63) is 0 Å². The van der Waals surface area contributed by atoms with E-state index in [0.717, 1.165) is 0 Å². The minimum atomic E-state index is -2.66. The summed E-state index contributed by atoms with van der Waals surface area (Å²) >= 11 is 0. The van der Waals surface area contributed by atoms with E-state index in [9.17, 15) is 9.13 Å². The van der Waals surface area contributed by atoms with Crippen LogP contribution in [-0.2, 0) is 9.13 Å². The molecular weight excluding hydrogens is 262 g/mol. The van der Waals surface area contributed by atoms with Gasteiger partial charge in [-0.25, -0.2) is 0 Å². The van der Waals surface area contributed by atoms with Crippen LogP contribution in [0.1, 0.15) is 62.3 Å². The van der Waals surface area contributed by atoms with Gasteiger partial charge in [-0.15, -0.1) is 0 Å². The molecule has 0 bridgehead atoms. The van der Waals surface area contributed by atoms with E-state index in [-0.39, 0.29) is 16.0 Å². The van der Waals surface area contributed by atoms with Crippen LogP contribution < -0.4 is 0 Å². The highest BCUT2D eigenvalue weighted by Gasteiger charge is 2.70. The normalized spacial score (nSPS) is 18.8. The van der Waals surface area contributed by atoms with Crippen molar-refractivity contribution < 1.29 is 9.13 Å². The fourth-order valence-electron chi connectivity index (χ4n) is 3.30. The average molecular weight is 293 g/mol. The second kappa shape index (κ2) is 4.71. The predicted octanol–water partition coefficient (Wildman–Crippen LogP) is 5.59. The van der Waals surface area contributed by atoms with Crippen molar-refractivity contribution in [1.29, 1.82) is 0 Å². The molecular formula is C14H31O2P2+. The van der Waals surface area contributed by atoms with Gasteiger partial charge in [0.05, 0.1) is 0 Å². The Hall–Kier alpha value is 0.330. The summed E-state index contributed by atoms with van der Waals surface area (Å²) in [6.45, 7) is 20.2. The summed E-state index contributed by atoms with van der Waals surface area (Å²) in [5.41, 5.74) is -0.550. The Morgan fingerprint density at radius 3 is 1.11 bits per heavy atom. The Kier molecular flexibility index (Phi) is 4.79. The zero-order valence-electron chi connectivity index (χ0n) is 13.8. The third-order valence-electron chi connectivity index (χ3n) is 4.24. The molecule has 0 heterocycles. The second-order valence-electron chi connectivity index (χ2n) is 8.41. The molecule has 0 aromatic heterocycles. The molecule has 4 heteroatoms. The molecule has 0 aliphatic rings. The molecule has 2 atom stereocenters. The van der Waals surface area contributed by atoms with Gasteiger partial charge in [-0.1, -0.05) is 66.9 Å². The maximum atomic E-state index is 13.6. The molecule has 18 heavy (non-hydrogen) atoms. The first kappa shape index (κ1) is 18.3. The van der Waals surface area contributed by atoms with Crippen LogP contribution in [-0.4, -0.2) is 16.7 Å². The van der Waals surface area contributed by atoms with Crippen molar-refractivity contribution in [1.82, 2.24) is 0 Å². The molecule has 108 valence electrons. The molecule has 0 fully saturated rings. The molecule has 0 rings (SSSR count). The lowest BCUT2D eigenvalue weighted by atomic mass is 9.76. The second-order valence-corrected chi connectivity index (χ2v) is 13.6. The fraction of sp³-hybridized carbons (Fsp3) is 1.00. The van der Waals surface area contributed by atoms with E-state index in [1.165, 1.54) is 0 Å². The van der Waals surface area contributed by atoms with Crippen molar-refractivity contribution in [2.24, 2.45) is 10.8 Å². The number of rotatable bonds is 2. The van der Waals surface area contributed by atoms with Gasteiger partial charge in [0, 0.05) is 16.0 Å². The highest BCUT2D eigenvalue weighted by atomic mass is 31.2. The highest BCUT2D eigenvalue weighted by molar-refractivity contribution is 7.73. The van der Waals surface area contributed by atoms with Crippen molar-refractivity contribution in [3.63, 3.8) is 0 Å². The maximum absolute atomic E-state index is 13.6. The molecule has 0 spiro atoms. The molecule has 0 aliphatic carbocycles. The lowest BCUT2D eigenvalue weighted by Gasteiger charge is -2.50. The van der Waals surface area contributed by atoms with Gasteiger partial charge >= 0.3 is 8.46 Å². The average Bonchev–Trinajstić information content (AvgIpc) is 1.96. The van der Waals surface area contributed by atoms with E-state index < -0.39 is 20.5 Å². The van der Waals surface area contributed by atoms with E-state index in [1.807, 2.05) is 27.4 Å². The highest BCUT2D eigenvalue weighted by Crippen LogP contribution is 2.78. The third-order valence-corrected chi connectivity index (χ3v) is 12.8. The standard InChI is InChI=1S/C14H30O2P2/c1-11(2,3)14(17-15,12(4,5)6)18(10,16)13(7,8)9/h1-10H3/p+1. The van der Waals surface area contributed by atoms with Crippen LogP contribution in [0.2, 0.25) is 0 Å². The number of hydrogen-bond donors (Lipinski definition) is 0. The first-order valence-corrected chi connectivity index (χ1v) is 9.59. The molecule has 0 aliphatic heterocycles. The van der Waals surface area contributed by atoms with Crippen LogP contribution in [0.3, 0.4) is 0 Å². The molecule has 2 unspecified atom stereocenters. The molecule has 0 aromatic rings. The van der Waals surface area contributed by atoms with Crippen molar-refractivity contribution in [2.75, 3.05) is 6.66 Å². The Morgan fingerprint density at radius 2 is 1.06 bits per heavy atom. The minimum Gasteiger partial charge on any atom is -0.318 e. The summed E-state index contributed by atoms with van der Waals surface area (Å²) in [5.74, 6) is 0. The molecule has 0 saturated heterocycles. The van der Waals surface area contributed by atoms with Gasteiger partial charge in [0.2, 0.25) is 4.90 Å². The zero-order chi connectivity index (χ0) is 15.2. The topological polar surface area (TPSA) is 34.1 Å². The van der Waals surface area contributed by atoms with Crippen molar-refractivity contribution in [3.8, 4) is 0 Å². The quantitative estimate of drug-likeness (QED) is 0.622. The molecule has 0 radical (unpaired) electrons. The molecule has 0 aromatic carbocycles. The van der Waals surface area contributed by atoms with Crippen LogP contribution in [0, 0.1) is 10.8 Å². The smallest absolute Gasteiger partial charge is 0.318 e. The van der Waals surface area contributed by atoms with Crippen molar-refractivity contribution >= 4 is 15.6 Å². The third kappa shape index (κ3) is 2.48. The van der Waals surface area contributed by atoms with Gasteiger partial charge in [0.1, 0.15) is 7.14 Å². The summed E-state index contributed by atoms with van der Waals surface area (Å²) in [5, 5.41) is -0.342. The zero-order valence-corrected chi connectivity index (χ0v) is 15.7. The van der Waals surface area contributed by atoms with Gasteiger partial charge in [-0.05, 0) is 6.66 Å². The Bertz CT molecular complexity index is 351. The lowest BCUT2D eigenvalue weighted by Crippen LogP contribution is -2.51. The van der Waals surface area contributed by atoms with E-state index in [2.05, 4.69) is 41.5 Å². The van der Waals surface area contributed by atoms with Gasteiger partial charge in [0.15, 0.2) is 0 Å². The van der Waals surface area contributed by atoms with Gasteiger partial charge < -0.3 is 4.57 Å². The monoisotopic (exact) mass is 293 g/mol. The van der Waals surface area contributed by atoms with Crippen molar-refractivity contribution in [2.45, 2.75) is 72.4 Å². The first-order chi connectivity index (χ1) is 7.56. The van der Waals surface area contributed by atoms with Crippen LogP contribution in [0.5, 0.6) is 0 Å².